The molecule has 0 atom stereocenters. The van der Waals surface area contributed by atoms with E-state index in [0.29, 0.717) is 25.0 Å². The van der Waals surface area contributed by atoms with Gasteiger partial charge in [-0.2, -0.15) is 0 Å². The SMILES string of the molecule is C=C(CC)C(=O)OC(=C)C(=O)OCC.C=C(CC)C(=O)OCCCCCC.C=Cc1ccccc1. The Morgan fingerprint density at radius 2 is 1.34 bits per heavy atom. The van der Waals surface area contributed by atoms with Gasteiger partial charge in [0.05, 0.1) is 13.2 Å². The van der Waals surface area contributed by atoms with Crippen LogP contribution in [0.4, 0.5) is 0 Å². The molecule has 0 aliphatic carbocycles. The first-order valence-corrected chi connectivity index (χ1v) is 12.0. The fraction of sp³-hybridized carbons (Fsp3) is 0.414. The zero-order chi connectivity index (χ0) is 27.1. The topological polar surface area (TPSA) is 78.9 Å². The molecule has 0 spiro atoms. The summed E-state index contributed by atoms with van der Waals surface area (Å²) in [4.78, 5) is 33.1. The minimum atomic E-state index is -0.732. The minimum absolute atomic E-state index is 0.212. The largest absolute Gasteiger partial charge is 0.462 e. The lowest BCUT2D eigenvalue weighted by atomic mass is 10.2. The number of hydrogen-bond donors (Lipinski definition) is 0. The van der Waals surface area contributed by atoms with Crippen molar-refractivity contribution in [1.82, 2.24) is 0 Å². The second-order valence-electron chi connectivity index (χ2n) is 7.26. The van der Waals surface area contributed by atoms with Crippen molar-refractivity contribution in [1.29, 1.82) is 0 Å². The maximum absolute atomic E-state index is 11.1. The Bertz CT molecular complexity index is 808. The van der Waals surface area contributed by atoms with Crippen molar-refractivity contribution in [3.8, 4) is 0 Å². The van der Waals surface area contributed by atoms with Crippen LogP contribution in [0.3, 0.4) is 0 Å². The number of hydrogen-bond acceptors (Lipinski definition) is 6. The molecule has 0 fully saturated rings. The number of benzene rings is 1. The van der Waals surface area contributed by atoms with Crippen molar-refractivity contribution in [3.05, 3.63) is 79.1 Å². The molecule has 1 rings (SSSR count). The zero-order valence-corrected chi connectivity index (χ0v) is 21.9. The molecule has 6 nitrogen and oxygen atoms in total. The molecular weight excluding hydrogens is 444 g/mol. The molecule has 0 saturated carbocycles. The number of unbranched alkanes of at least 4 members (excludes halogenated alkanes) is 3. The lowest BCUT2D eigenvalue weighted by Gasteiger charge is -2.06. The van der Waals surface area contributed by atoms with Crippen LogP contribution in [0, 0.1) is 0 Å². The van der Waals surface area contributed by atoms with Crippen molar-refractivity contribution in [2.75, 3.05) is 13.2 Å². The van der Waals surface area contributed by atoms with E-state index in [0.717, 1.165) is 12.8 Å². The predicted octanol–water partition coefficient (Wildman–Crippen LogP) is 6.98. The van der Waals surface area contributed by atoms with Gasteiger partial charge in [-0.3, -0.25) is 0 Å². The maximum Gasteiger partial charge on any atom is 0.373 e. The smallest absolute Gasteiger partial charge is 0.373 e. The molecule has 0 aliphatic rings. The Morgan fingerprint density at radius 3 is 1.80 bits per heavy atom. The summed E-state index contributed by atoms with van der Waals surface area (Å²) >= 11 is 0. The Hall–Kier alpha value is -3.41. The molecule has 1 aromatic rings. The van der Waals surface area contributed by atoms with Crippen molar-refractivity contribution in [2.45, 2.75) is 66.2 Å². The predicted molar refractivity (Wildman–Crippen MR) is 142 cm³/mol. The van der Waals surface area contributed by atoms with E-state index in [9.17, 15) is 14.4 Å². The molecule has 194 valence electrons. The number of carbonyl (C=O) groups excluding carboxylic acids is 3. The van der Waals surface area contributed by atoms with Crippen LogP contribution in [-0.4, -0.2) is 31.1 Å². The number of rotatable bonds is 13. The van der Waals surface area contributed by atoms with Crippen LogP contribution in [0.5, 0.6) is 0 Å². The first kappa shape index (κ1) is 33.8. The van der Waals surface area contributed by atoms with Gasteiger partial charge >= 0.3 is 17.9 Å². The molecule has 0 amide bonds. The average molecular weight is 487 g/mol. The summed E-state index contributed by atoms with van der Waals surface area (Å²) in [6, 6.07) is 10.0. The van der Waals surface area contributed by atoms with E-state index in [1.807, 2.05) is 43.3 Å². The fourth-order valence-corrected chi connectivity index (χ4v) is 2.11. The zero-order valence-electron chi connectivity index (χ0n) is 21.9. The third-order valence-corrected chi connectivity index (χ3v) is 4.42. The first-order valence-electron chi connectivity index (χ1n) is 12.0. The normalized spacial score (nSPS) is 9.14. The van der Waals surface area contributed by atoms with E-state index < -0.39 is 11.9 Å². The van der Waals surface area contributed by atoms with E-state index in [-0.39, 0.29) is 23.9 Å². The highest BCUT2D eigenvalue weighted by molar-refractivity contribution is 5.94. The van der Waals surface area contributed by atoms with Crippen molar-refractivity contribution in [3.63, 3.8) is 0 Å². The maximum atomic E-state index is 11.1. The summed E-state index contributed by atoms with van der Waals surface area (Å²) in [5, 5.41) is 0. The standard InChI is InChI=1S/C11H20O2.C10H14O4.C8H8/c1-4-6-7-8-9-13-11(12)10(3)5-2;1-5-7(3)9(11)14-8(4)10(12)13-6-2;1-2-8-6-4-3-5-7-8/h3-9H2,1-2H3;3-6H2,1-2H3;2-7H,1H2. The molecule has 0 N–H and O–H groups in total. The molecule has 0 aromatic heterocycles. The van der Waals surface area contributed by atoms with Crippen LogP contribution < -0.4 is 0 Å². The lowest BCUT2D eigenvalue weighted by Crippen LogP contribution is -2.14. The molecule has 6 heteroatoms. The van der Waals surface area contributed by atoms with Gasteiger partial charge < -0.3 is 14.2 Å². The van der Waals surface area contributed by atoms with Crippen molar-refractivity contribution in [2.24, 2.45) is 0 Å². The quantitative estimate of drug-likeness (QED) is 0.0984. The second-order valence-corrected chi connectivity index (χ2v) is 7.26. The summed E-state index contributed by atoms with van der Waals surface area (Å²) < 4.78 is 14.2. The number of carbonyl (C=O) groups is 3. The minimum Gasteiger partial charge on any atom is -0.462 e. The van der Waals surface area contributed by atoms with Crippen LogP contribution in [0.25, 0.3) is 6.08 Å². The summed E-state index contributed by atoms with van der Waals surface area (Å²) in [5.41, 5.74) is 2.03. The lowest BCUT2D eigenvalue weighted by molar-refractivity contribution is -0.149. The van der Waals surface area contributed by atoms with Crippen LogP contribution in [0.15, 0.2) is 73.6 Å². The molecule has 0 bridgehead atoms. The van der Waals surface area contributed by atoms with E-state index in [2.05, 4.69) is 42.7 Å². The van der Waals surface area contributed by atoms with Crippen LogP contribution in [0.2, 0.25) is 0 Å². The summed E-state index contributed by atoms with van der Waals surface area (Å²) in [6.07, 6.45) is 7.50. The molecule has 0 unspecified atom stereocenters. The summed E-state index contributed by atoms with van der Waals surface area (Å²) in [6.45, 7) is 22.2. The fourth-order valence-electron chi connectivity index (χ4n) is 2.11. The van der Waals surface area contributed by atoms with E-state index in [1.165, 1.54) is 18.4 Å². The average Bonchev–Trinajstić information content (AvgIpc) is 2.88. The molecule has 0 heterocycles. The third-order valence-electron chi connectivity index (χ3n) is 4.42. The summed E-state index contributed by atoms with van der Waals surface area (Å²) in [7, 11) is 0. The van der Waals surface area contributed by atoms with E-state index >= 15 is 0 Å². The van der Waals surface area contributed by atoms with Gasteiger partial charge in [0.2, 0.25) is 5.76 Å². The number of esters is 3. The van der Waals surface area contributed by atoms with Crippen molar-refractivity contribution < 1.29 is 28.6 Å². The van der Waals surface area contributed by atoms with Gasteiger partial charge in [-0.1, -0.05) is 96.2 Å². The first-order chi connectivity index (χ1) is 16.7. The van der Waals surface area contributed by atoms with Gasteiger partial charge in [-0.25, -0.2) is 14.4 Å². The van der Waals surface area contributed by atoms with Gasteiger partial charge in [0.1, 0.15) is 0 Å². The van der Waals surface area contributed by atoms with E-state index in [1.54, 1.807) is 13.8 Å². The highest BCUT2D eigenvalue weighted by atomic mass is 16.6. The Balaban J connectivity index is 0. The van der Waals surface area contributed by atoms with Crippen LogP contribution >= 0.6 is 0 Å². The van der Waals surface area contributed by atoms with E-state index in [4.69, 9.17) is 4.74 Å². The highest BCUT2D eigenvalue weighted by Crippen LogP contribution is 2.06. The molecule has 1 aromatic carbocycles. The van der Waals surface area contributed by atoms with Crippen LogP contribution in [-0.2, 0) is 28.6 Å². The summed E-state index contributed by atoms with van der Waals surface area (Å²) in [5.74, 6) is -1.93. The number of ether oxygens (including phenoxy) is 3. The van der Waals surface area contributed by atoms with Gasteiger partial charge in [0.25, 0.3) is 0 Å². The van der Waals surface area contributed by atoms with Crippen molar-refractivity contribution >= 4 is 24.0 Å². The van der Waals surface area contributed by atoms with Gasteiger partial charge in [0.15, 0.2) is 0 Å². The van der Waals surface area contributed by atoms with Gasteiger partial charge in [-0.05, 0) is 38.3 Å². The Labute approximate surface area is 211 Å². The Morgan fingerprint density at radius 1 is 0.771 bits per heavy atom. The Kier molecular flexibility index (Phi) is 21.6. The molecule has 0 aliphatic heterocycles. The second kappa shape index (κ2) is 22.4. The molecule has 0 radical (unpaired) electrons. The van der Waals surface area contributed by atoms with Gasteiger partial charge in [-0.15, -0.1) is 0 Å². The molecular formula is C29H42O6. The molecule has 0 saturated heterocycles. The van der Waals surface area contributed by atoms with Crippen LogP contribution in [0.1, 0.15) is 71.8 Å². The highest BCUT2D eigenvalue weighted by Gasteiger charge is 2.15. The third kappa shape index (κ3) is 18.7. The van der Waals surface area contributed by atoms with Gasteiger partial charge in [0, 0.05) is 11.1 Å². The molecule has 35 heavy (non-hydrogen) atoms. The monoisotopic (exact) mass is 486 g/mol.